The highest BCUT2D eigenvalue weighted by Gasteiger charge is 1.88. The van der Waals surface area contributed by atoms with Gasteiger partial charge < -0.3 is 5.11 Å². The first-order valence-electron chi connectivity index (χ1n) is 3.74. The Balaban J connectivity index is 3.62. The van der Waals surface area contributed by atoms with Gasteiger partial charge in [-0.25, -0.2) is 0 Å². The van der Waals surface area contributed by atoms with Crippen LogP contribution in [-0.2, 0) is 0 Å². The third kappa shape index (κ3) is 4.33. The third-order valence-corrected chi connectivity index (χ3v) is 1.38. The zero-order valence-corrected chi connectivity index (χ0v) is 6.80. The van der Waals surface area contributed by atoms with Crippen LogP contribution in [0, 0.1) is 0 Å². The van der Waals surface area contributed by atoms with Crippen molar-refractivity contribution >= 4 is 0 Å². The molecule has 0 unspecified atom stereocenters. The van der Waals surface area contributed by atoms with Crippen LogP contribution in [0.25, 0.3) is 0 Å². The summed E-state index contributed by atoms with van der Waals surface area (Å²) in [5.41, 5.74) is 1.30. The van der Waals surface area contributed by atoms with E-state index in [-0.39, 0.29) is 6.61 Å². The van der Waals surface area contributed by atoms with Gasteiger partial charge in [0.05, 0.1) is 0 Å². The molecular formula is C9H16O. The van der Waals surface area contributed by atoms with E-state index < -0.39 is 0 Å². The fourth-order valence-corrected chi connectivity index (χ4v) is 0.821. The number of allylic oxidation sites excluding steroid dienone is 4. The maximum absolute atomic E-state index is 8.53. The fourth-order valence-electron chi connectivity index (χ4n) is 0.821. The largest absolute Gasteiger partial charge is 0.396 e. The van der Waals surface area contributed by atoms with Crippen LogP contribution in [0.15, 0.2) is 23.8 Å². The van der Waals surface area contributed by atoms with E-state index in [1.165, 1.54) is 5.57 Å². The Morgan fingerprint density at radius 2 is 2.10 bits per heavy atom. The normalized spacial score (nSPS) is 12.9. The molecule has 0 aliphatic heterocycles. The van der Waals surface area contributed by atoms with Gasteiger partial charge in [0.15, 0.2) is 0 Å². The molecule has 10 heavy (non-hydrogen) atoms. The predicted octanol–water partition coefficient (Wildman–Crippen LogP) is 2.28. The van der Waals surface area contributed by atoms with E-state index in [4.69, 9.17) is 5.11 Å². The van der Waals surface area contributed by atoms with E-state index in [1.807, 2.05) is 19.9 Å². The molecule has 58 valence electrons. The molecule has 0 saturated carbocycles. The van der Waals surface area contributed by atoms with Gasteiger partial charge in [0.1, 0.15) is 0 Å². The Morgan fingerprint density at radius 3 is 2.50 bits per heavy atom. The van der Waals surface area contributed by atoms with Crippen LogP contribution >= 0.6 is 0 Å². The molecule has 0 radical (unpaired) electrons. The molecule has 0 aliphatic rings. The van der Waals surface area contributed by atoms with E-state index >= 15 is 0 Å². The lowest BCUT2D eigenvalue weighted by atomic mass is 10.1. The highest BCUT2D eigenvalue weighted by molar-refractivity contribution is 5.16. The van der Waals surface area contributed by atoms with Crippen molar-refractivity contribution in [3.63, 3.8) is 0 Å². The van der Waals surface area contributed by atoms with Crippen LogP contribution in [0.4, 0.5) is 0 Å². The standard InChI is InChI=1S/C9H16O/c1-3-6-9(4-2)7-5-8-10/h3-4,6,10H,5,7-8H2,1-2H3/b6-3-,9-4+. The Bertz CT molecular complexity index is 123. The molecule has 0 aromatic heterocycles. The van der Waals surface area contributed by atoms with Gasteiger partial charge >= 0.3 is 0 Å². The Morgan fingerprint density at radius 1 is 1.40 bits per heavy atom. The lowest BCUT2D eigenvalue weighted by Crippen LogP contribution is -1.84. The van der Waals surface area contributed by atoms with Crippen LogP contribution in [0.3, 0.4) is 0 Å². The van der Waals surface area contributed by atoms with Crippen molar-refractivity contribution in [2.45, 2.75) is 26.7 Å². The SMILES string of the molecule is C/C=C\C(=C/C)CCCO. The molecule has 0 rings (SSSR count). The second-order valence-corrected chi connectivity index (χ2v) is 2.19. The Hall–Kier alpha value is -0.560. The fraction of sp³-hybridized carbons (Fsp3) is 0.556. The maximum Gasteiger partial charge on any atom is 0.0434 e. The summed E-state index contributed by atoms with van der Waals surface area (Å²) in [6.45, 7) is 4.31. The summed E-state index contributed by atoms with van der Waals surface area (Å²) in [4.78, 5) is 0. The highest BCUT2D eigenvalue weighted by Crippen LogP contribution is 2.05. The quantitative estimate of drug-likeness (QED) is 0.594. The van der Waals surface area contributed by atoms with E-state index in [1.54, 1.807) is 0 Å². The number of hydrogen-bond donors (Lipinski definition) is 1. The van der Waals surface area contributed by atoms with Crippen molar-refractivity contribution in [2.75, 3.05) is 6.61 Å². The first kappa shape index (κ1) is 9.44. The van der Waals surface area contributed by atoms with Crippen LogP contribution in [-0.4, -0.2) is 11.7 Å². The molecule has 0 aromatic carbocycles. The summed E-state index contributed by atoms with van der Waals surface area (Å²) in [6.07, 6.45) is 8.03. The smallest absolute Gasteiger partial charge is 0.0434 e. The van der Waals surface area contributed by atoms with Crippen LogP contribution < -0.4 is 0 Å². The Kier molecular flexibility index (Phi) is 6.19. The zero-order valence-electron chi connectivity index (χ0n) is 6.80. The van der Waals surface area contributed by atoms with Gasteiger partial charge in [0, 0.05) is 6.61 Å². The molecule has 0 aliphatic carbocycles. The van der Waals surface area contributed by atoms with E-state index in [0.29, 0.717) is 0 Å². The van der Waals surface area contributed by atoms with Gasteiger partial charge in [0.2, 0.25) is 0 Å². The van der Waals surface area contributed by atoms with Crippen molar-refractivity contribution in [3.05, 3.63) is 23.8 Å². The summed E-state index contributed by atoms with van der Waals surface area (Å²) in [5.74, 6) is 0. The molecule has 0 amide bonds. The van der Waals surface area contributed by atoms with E-state index in [2.05, 4.69) is 12.2 Å². The molecule has 0 atom stereocenters. The van der Waals surface area contributed by atoms with Crippen LogP contribution in [0.2, 0.25) is 0 Å². The van der Waals surface area contributed by atoms with Gasteiger partial charge in [0.25, 0.3) is 0 Å². The highest BCUT2D eigenvalue weighted by atomic mass is 16.2. The molecule has 0 aromatic rings. The van der Waals surface area contributed by atoms with Gasteiger partial charge in [-0.2, -0.15) is 0 Å². The molecule has 1 N–H and O–H groups in total. The van der Waals surface area contributed by atoms with Crippen molar-refractivity contribution in [3.8, 4) is 0 Å². The average Bonchev–Trinajstić information content (AvgIpc) is 1.98. The molecule has 0 bridgehead atoms. The molecule has 0 spiro atoms. The monoisotopic (exact) mass is 140 g/mol. The predicted molar refractivity (Wildman–Crippen MR) is 44.9 cm³/mol. The first-order valence-corrected chi connectivity index (χ1v) is 3.74. The van der Waals surface area contributed by atoms with Crippen molar-refractivity contribution in [1.82, 2.24) is 0 Å². The molecule has 1 heteroatoms. The second kappa shape index (κ2) is 6.56. The summed E-state index contributed by atoms with van der Waals surface area (Å²) < 4.78 is 0. The molecule has 0 fully saturated rings. The van der Waals surface area contributed by atoms with E-state index in [0.717, 1.165) is 12.8 Å². The number of aliphatic hydroxyl groups excluding tert-OH is 1. The summed E-state index contributed by atoms with van der Waals surface area (Å²) in [7, 11) is 0. The van der Waals surface area contributed by atoms with Crippen molar-refractivity contribution in [2.24, 2.45) is 0 Å². The average molecular weight is 140 g/mol. The molecular weight excluding hydrogens is 124 g/mol. The number of rotatable bonds is 4. The molecule has 1 nitrogen and oxygen atoms in total. The Labute approximate surface area is 63.1 Å². The summed E-state index contributed by atoms with van der Waals surface area (Å²) >= 11 is 0. The lowest BCUT2D eigenvalue weighted by molar-refractivity contribution is 0.289. The van der Waals surface area contributed by atoms with Gasteiger partial charge in [-0.3, -0.25) is 0 Å². The van der Waals surface area contributed by atoms with Gasteiger partial charge in [-0.1, -0.05) is 23.8 Å². The second-order valence-electron chi connectivity index (χ2n) is 2.19. The lowest BCUT2D eigenvalue weighted by Gasteiger charge is -1.97. The van der Waals surface area contributed by atoms with Crippen molar-refractivity contribution < 1.29 is 5.11 Å². The first-order chi connectivity index (χ1) is 4.85. The molecule has 0 saturated heterocycles. The van der Waals surface area contributed by atoms with Crippen LogP contribution in [0.5, 0.6) is 0 Å². The van der Waals surface area contributed by atoms with Gasteiger partial charge in [-0.15, -0.1) is 0 Å². The topological polar surface area (TPSA) is 20.2 Å². The van der Waals surface area contributed by atoms with Crippen molar-refractivity contribution in [1.29, 1.82) is 0 Å². The van der Waals surface area contributed by atoms with Crippen LogP contribution in [0.1, 0.15) is 26.7 Å². The maximum atomic E-state index is 8.53. The number of aliphatic hydroxyl groups is 1. The minimum atomic E-state index is 0.287. The minimum absolute atomic E-state index is 0.287. The minimum Gasteiger partial charge on any atom is -0.396 e. The molecule has 0 heterocycles. The van der Waals surface area contributed by atoms with Gasteiger partial charge in [-0.05, 0) is 26.7 Å². The third-order valence-electron chi connectivity index (χ3n) is 1.38. The number of hydrogen-bond acceptors (Lipinski definition) is 1. The zero-order chi connectivity index (χ0) is 7.82. The summed E-state index contributed by atoms with van der Waals surface area (Å²) in [5, 5.41) is 8.53. The summed E-state index contributed by atoms with van der Waals surface area (Å²) in [6, 6.07) is 0. The van der Waals surface area contributed by atoms with E-state index in [9.17, 15) is 0 Å².